The molecule has 0 saturated heterocycles. The maximum absolute atomic E-state index is 13.4. The molecule has 10 heteroatoms. The van der Waals surface area contributed by atoms with Gasteiger partial charge in [-0.3, -0.25) is 9.08 Å². The van der Waals surface area contributed by atoms with E-state index in [1.54, 1.807) is 29.2 Å². The monoisotopic (exact) mass is 498 g/mol. The minimum absolute atomic E-state index is 0.210. The summed E-state index contributed by atoms with van der Waals surface area (Å²) in [4.78, 5) is 18.0. The van der Waals surface area contributed by atoms with Gasteiger partial charge in [-0.1, -0.05) is 12.1 Å². The number of carbonyl (C=O) groups excluding carboxylic acids is 1. The Morgan fingerprint density at radius 1 is 1.03 bits per heavy atom. The molecule has 0 aliphatic carbocycles. The molecule has 5 rings (SSSR count). The number of hydrogen-bond acceptors (Lipinski definition) is 7. The lowest BCUT2D eigenvalue weighted by molar-refractivity contribution is -0.108. The predicted octanol–water partition coefficient (Wildman–Crippen LogP) is 4.39. The van der Waals surface area contributed by atoms with Crippen molar-refractivity contribution in [1.82, 2.24) is 29.4 Å². The number of aromatic nitrogens is 6. The van der Waals surface area contributed by atoms with Crippen molar-refractivity contribution in [3.63, 3.8) is 0 Å². The molecular formula is C27H27FN8O. The topological polar surface area (TPSA) is 93.2 Å². The molecule has 4 aromatic heterocycles. The van der Waals surface area contributed by atoms with Crippen LogP contribution in [0.15, 0.2) is 67.0 Å². The number of hydrogen-bond donors (Lipinski definition) is 1. The molecule has 0 fully saturated rings. The Morgan fingerprint density at radius 2 is 1.84 bits per heavy atom. The van der Waals surface area contributed by atoms with E-state index in [4.69, 9.17) is 0 Å². The molecule has 0 saturated carbocycles. The summed E-state index contributed by atoms with van der Waals surface area (Å²) >= 11 is 0. The number of pyridine rings is 2. The summed E-state index contributed by atoms with van der Waals surface area (Å²) in [5, 5.41) is 16.4. The summed E-state index contributed by atoms with van der Waals surface area (Å²) in [6.07, 6.45) is 5.20. The Kier molecular flexibility index (Phi) is 6.63. The quantitative estimate of drug-likeness (QED) is 0.301. The maximum atomic E-state index is 13.4. The molecule has 0 radical (unpaired) electrons. The van der Waals surface area contributed by atoms with Crippen molar-refractivity contribution in [2.24, 2.45) is 7.05 Å². The first kappa shape index (κ1) is 24.1. The molecule has 1 atom stereocenters. The maximum Gasteiger partial charge on any atom is 0.163 e. The molecule has 0 amide bonds. The first-order valence-electron chi connectivity index (χ1n) is 11.9. The SMILES string of the molecule is CN(C)c1cc(-c2ccnc(Nc3ccnn3C)c2)cc2nnc(C(CC=O)Cc3ccc(F)cc3)n12. The predicted molar refractivity (Wildman–Crippen MR) is 141 cm³/mol. The molecule has 1 aromatic carbocycles. The smallest absolute Gasteiger partial charge is 0.163 e. The number of carbonyl (C=O) groups is 1. The molecule has 0 spiro atoms. The van der Waals surface area contributed by atoms with Gasteiger partial charge in [0.05, 0.1) is 6.20 Å². The standard InChI is InChI=1S/C27H27FN8O/c1-34(2)26-17-21(19-8-11-29-23(15-19)31-24-9-12-30-35(24)3)16-25-32-33-27(36(25)26)20(10-13-37)14-18-4-6-22(28)7-5-18/h4-9,11-13,15-17,20H,10,14H2,1-3H3,(H,29,31). The minimum atomic E-state index is -0.291. The molecule has 1 N–H and O–H groups in total. The number of benzene rings is 1. The van der Waals surface area contributed by atoms with Gasteiger partial charge in [0.2, 0.25) is 0 Å². The Labute approximate surface area is 213 Å². The van der Waals surface area contributed by atoms with Gasteiger partial charge in [-0.15, -0.1) is 10.2 Å². The lowest BCUT2D eigenvalue weighted by atomic mass is 9.95. The summed E-state index contributed by atoms with van der Waals surface area (Å²) in [5.74, 6) is 2.59. The van der Waals surface area contributed by atoms with Gasteiger partial charge in [0, 0.05) is 45.7 Å². The number of nitrogens with zero attached hydrogens (tertiary/aromatic N) is 7. The lowest BCUT2D eigenvalue weighted by Crippen LogP contribution is -2.16. The third-order valence-electron chi connectivity index (χ3n) is 6.28. The zero-order valence-corrected chi connectivity index (χ0v) is 20.8. The van der Waals surface area contributed by atoms with Gasteiger partial charge >= 0.3 is 0 Å². The third-order valence-corrected chi connectivity index (χ3v) is 6.28. The van der Waals surface area contributed by atoms with Gasteiger partial charge in [-0.2, -0.15) is 5.10 Å². The van der Waals surface area contributed by atoms with Crippen LogP contribution in [0, 0.1) is 5.82 Å². The van der Waals surface area contributed by atoms with E-state index in [9.17, 15) is 9.18 Å². The molecule has 0 bridgehead atoms. The van der Waals surface area contributed by atoms with Gasteiger partial charge < -0.3 is 15.0 Å². The highest BCUT2D eigenvalue weighted by Gasteiger charge is 2.22. The van der Waals surface area contributed by atoms with Crippen LogP contribution in [0.1, 0.15) is 23.7 Å². The minimum Gasteiger partial charge on any atom is -0.364 e. The Bertz CT molecular complexity index is 1540. The Morgan fingerprint density at radius 3 is 2.54 bits per heavy atom. The largest absolute Gasteiger partial charge is 0.364 e. The first-order valence-corrected chi connectivity index (χ1v) is 11.9. The summed E-state index contributed by atoms with van der Waals surface area (Å²) in [6.45, 7) is 0. The highest BCUT2D eigenvalue weighted by Crippen LogP contribution is 2.31. The van der Waals surface area contributed by atoms with Crippen LogP contribution in [0.4, 0.5) is 21.8 Å². The van der Waals surface area contributed by atoms with Crippen LogP contribution in [0.5, 0.6) is 0 Å². The van der Waals surface area contributed by atoms with E-state index in [0.29, 0.717) is 23.7 Å². The van der Waals surface area contributed by atoms with E-state index in [-0.39, 0.29) is 18.2 Å². The van der Waals surface area contributed by atoms with E-state index < -0.39 is 0 Å². The normalized spacial score (nSPS) is 12.0. The fourth-order valence-electron chi connectivity index (χ4n) is 4.39. The van der Waals surface area contributed by atoms with E-state index in [1.807, 2.05) is 54.7 Å². The molecule has 188 valence electrons. The van der Waals surface area contributed by atoms with Crippen molar-refractivity contribution in [3.8, 4) is 11.1 Å². The van der Waals surface area contributed by atoms with Crippen LogP contribution in [0.25, 0.3) is 16.8 Å². The molecule has 0 aliphatic rings. The van der Waals surface area contributed by atoms with Crippen LogP contribution < -0.4 is 10.2 Å². The molecule has 9 nitrogen and oxygen atoms in total. The third kappa shape index (κ3) is 5.04. The average Bonchev–Trinajstić information content (AvgIpc) is 3.50. The summed E-state index contributed by atoms with van der Waals surface area (Å²) in [6, 6.07) is 16.2. The zero-order valence-electron chi connectivity index (χ0n) is 20.8. The number of fused-ring (bicyclic) bond motifs is 1. The van der Waals surface area contributed by atoms with E-state index in [2.05, 4.69) is 31.7 Å². The van der Waals surface area contributed by atoms with Crippen LogP contribution in [-0.2, 0) is 18.3 Å². The highest BCUT2D eigenvalue weighted by atomic mass is 19.1. The van der Waals surface area contributed by atoms with Gasteiger partial charge in [-0.05, 0) is 59.5 Å². The number of nitrogens with one attached hydrogen (secondary N) is 1. The molecule has 1 unspecified atom stereocenters. The second-order valence-electron chi connectivity index (χ2n) is 9.07. The van der Waals surface area contributed by atoms with Crippen molar-refractivity contribution in [1.29, 1.82) is 0 Å². The van der Waals surface area contributed by atoms with Crippen LogP contribution in [0.2, 0.25) is 0 Å². The zero-order chi connectivity index (χ0) is 25.9. The van der Waals surface area contributed by atoms with E-state index in [1.165, 1.54) is 12.1 Å². The second-order valence-corrected chi connectivity index (χ2v) is 9.07. The number of aldehydes is 1. The lowest BCUT2D eigenvalue weighted by Gasteiger charge is -2.20. The first-order chi connectivity index (χ1) is 17.9. The summed E-state index contributed by atoms with van der Waals surface area (Å²) in [7, 11) is 5.78. The van der Waals surface area contributed by atoms with Crippen molar-refractivity contribution in [2.45, 2.75) is 18.8 Å². The summed E-state index contributed by atoms with van der Waals surface area (Å²) in [5.41, 5.74) is 3.52. The second kappa shape index (κ2) is 10.2. The molecular weight excluding hydrogens is 471 g/mol. The summed E-state index contributed by atoms with van der Waals surface area (Å²) < 4.78 is 17.1. The molecule has 5 aromatic rings. The highest BCUT2D eigenvalue weighted by molar-refractivity contribution is 5.74. The Hall–Kier alpha value is -4.60. The molecule has 37 heavy (non-hydrogen) atoms. The van der Waals surface area contributed by atoms with E-state index in [0.717, 1.165) is 34.6 Å². The average molecular weight is 499 g/mol. The fraction of sp³-hybridized carbons (Fsp3) is 0.222. The number of aryl methyl sites for hydroxylation is 1. The number of rotatable bonds is 9. The van der Waals surface area contributed by atoms with Gasteiger partial charge in [0.1, 0.15) is 35.4 Å². The fourth-order valence-corrected chi connectivity index (χ4v) is 4.39. The van der Waals surface area contributed by atoms with Crippen molar-refractivity contribution in [2.75, 3.05) is 24.3 Å². The van der Waals surface area contributed by atoms with Crippen LogP contribution >= 0.6 is 0 Å². The van der Waals surface area contributed by atoms with Crippen LogP contribution in [-0.4, -0.2) is 49.7 Å². The van der Waals surface area contributed by atoms with E-state index >= 15 is 0 Å². The van der Waals surface area contributed by atoms with Gasteiger partial charge in [0.15, 0.2) is 5.65 Å². The Balaban J connectivity index is 1.54. The number of anilines is 3. The molecule has 4 heterocycles. The molecule has 0 aliphatic heterocycles. The number of halogens is 1. The van der Waals surface area contributed by atoms with Gasteiger partial charge in [0.25, 0.3) is 0 Å². The van der Waals surface area contributed by atoms with Crippen molar-refractivity contribution < 1.29 is 9.18 Å². The van der Waals surface area contributed by atoms with Gasteiger partial charge in [-0.25, -0.2) is 9.37 Å². The van der Waals surface area contributed by atoms with Crippen LogP contribution in [0.3, 0.4) is 0 Å². The van der Waals surface area contributed by atoms with Crippen molar-refractivity contribution in [3.05, 3.63) is 84.2 Å². The van der Waals surface area contributed by atoms with Crippen molar-refractivity contribution >= 4 is 29.4 Å².